The van der Waals surface area contributed by atoms with E-state index in [0.29, 0.717) is 0 Å². The number of aryl methyl sites for hydroxylation is 3. The Balaban J connectivity index is 2.47. The van der Waals surface area contributed by atoms with Crippen LogP contribution < -0.4 is 5.32 Å². The number of nitrogens with one attached hydrogen (secondary N) is 1. The number of hydrogen-bond acceptors (Lipinski definition) is 2. The molecule has 0 radical (unpaired) electrons. The predicted molar refractivity (Wildman–Crippen MR) is 76.8 cm³/mol. The summed E-state index contributed by atoms with van der Waals surface area (Å²) in [5, 5.41) is 3.56. The van der Waals surface area contributed by atoms with Crippen molar-refractivity contribution < 1.29 is 0 Å². The Bertz CT molecular complexity index is 311. The molecule has 0 heterocycles. The number of thioether (sulfide) groups is 1. The van der Waals surface area contributed by atoms with Crippen molar-refractivity contribution in [2.75, 3.05) is 23.9 Å². The topological polar surface area (TPSA) is 12.0 Å². The van der Waals surface area contributed by atoms with Gasteiger partial charge in [0.2, 0.25) is 0 Å². The fourth-order valence-corrected chi connectivity index (χ4v) is 2.54. The van der Waals surface area contributed by atoms with E-state index in [2.05, 4.69) is 44.5 Å². The normalized spacial score (nSPS) is 10.5. The van der Waals surface area contributed by atoms with Crippen LogP contribution in [0.3, 0.4) is 0 Å². The smallest absolute Gasteiger partial charge is 0.0399 e. The molecule has 0 fully saturated rings. The summed E-state index contributed by atoms with van der Waals surface area (Å²) in [6, 6.07) is 4.49. The minimum absolute atomic E-state index is 1.09. The van der Waals surface area contributed by atoms with Crippen molar-refractivity contribution in [1.29, 1.82) is 0 Å². The largest absolute Gasteiger partial charge is 0.385 e. The lowest BCUT2D eigenvalue weighted by Crippen LogP contribution is -2.05. The van der Waals surface area contributed by atoms with Crippen LogP contribution in [0.2, 0.25) is 0 Å². The van der Waals surface area contributed by atoms with Crippen molar-refractivity contribution in [2.24, 2.45) is 0 Å². The van der Waals surface area contributed by atoms with Crippen LogP contribution in [-0.2, 0) is 0 Å². The highest BCUT2D eigenvalue weighted by Gasteiger charge is 2.02. The Morgan fingerprint density at radius 1 is 1.06 bits per heavy atom. The van der Waals surface area contributed by atoms with Crippen LogP contribution in [0.15, 0.2) is 12.1 Å². The Labute approximate surface area is 104 Å². The first-order chi connectivity index (χ1) is 7.65. The molecule has 0 amide bonds. The van der Waals surface area contributed by atoms with Crippen LogP contribution in [0, 0.1) is 20.8 Å². The Kier molecular flexibility index (Phi) is 5.75. The van der Waals surface area contributed by atoms with Crippen LogP contribution in [0.4, 0.5) is 5.69 Å². The molecule has 0 aromatic heterocycles. The molecule has 0 atom stereocenters. The van der Waals surface area contributed by atoms with Gasteiger partial charge in [-0.3, -0.25) is 0 Å². The first-order valence-electron chi connectivity index (χ1n) is 5.96. The molecule has 90 valence electrons. The van der Waals surface area contributed by atoms with E-state index in [4.69, 9.17) is 0 Å². The third-order valence-corrected chi connectivity index (χ3v) is 3.45. The maximum atomic E-state index is 3.56. The summed E-state index contributed by atoms with van der Waals surface area (Å²) in [5.74, 6) is 1.27. The molecule has 0 aliphatic heterocycles. The summed E-state index contributed by atoms with van der Waals surface area (Å²) in [6.45, 7) is 7.61. The van der Waals surface area contributed by atoms with E-state index >= 15 is 0 Å². The van der Waals surface area contributed by atoms with Crippen LogP contribution in [0.25, 0.3) is 0 Å². The molecule has 1 aromatic carbocycles. The Morgan fingerprint density at radius 2 is 1.69 bits per heavy atom. The summed E-state index contributed by atoms with van der Waals surface area (Å²) in [5.41, 5.74) is 5.41. The fraction of sp³-hybridized carbons (Fsp3) is 0.571. The zero-order valence-electron chi connectivity index (χ0n) is 10.9. The van der Waals surface area contributed by atoms with E-state index < -0.39 is 0 Å². The van der Waals surface area contributed by atoms with Gasteiger partial charge in [-0.05, 0) is 56.7 Å². The first kappa shape index (κ1) is 13.4. The molecule has 0 aliphatic rings. The molecule has 16 heavy (non-hydrogen) atoms. The van der Waals surface area contributed by atoms with Gasteiger partial charge >= 0.3 is 0 Å². The SMILES string of the molecule is CSCCCCNc1c(C)cc(C)cc1C. The lowest BCUT2D eigenvalue weighted by Gasteiger charge is -2.13. The minimum atomic E-state index is 1.09. The molecule has 0 saturated carbocycles. The summed E-state index contributed by atoms with van der Waals surface area (Å²) in [6.07, 6.45) is 4.73. The van der Waals surface area contributed by atoms with Gasteiger partial charge in [0.1, 0.15) is 0 Å². The number of benzene rings is 1. The van der Waals surface area contributed by atoms with Crippen LogP contribution in [0.1, 0.15) is 29.5 Å². The molecule has 0 unspecified atom stereocenters. The van der Waals surface area contributed by atoms with Crippen molar-refractivity contribution in [3.63, 3.8) is 0 Å². The molecule has 0 saturated heterocycles. The zero-order valence-corrected chi connectivity index (χ0v) is 11.7. The average molecular weight is 237 g/mol. The standard InChI is InChI=1S/C14H23NS/c1-11-9-12(2)14(13(3)10-11)15-7-5-6-8-16-4/h9-10,15H,5-8H2,1-4H3. The van der Waals surface area contributed by atoms with Crippen molar-refractivity contribution >= 4 is 17.4 Å². The summed E-state index contributed by atoms with van der Waals surface area (Å²) < 4.78 is 0. The minimum Gasteiger partial charge on any atom is -0.385 e. The molecule has 0 spiro atoms. The van der Waals surface area contributed by atoms with Gasteiger partial charge in [0, 0.05) is 12.2 Å². The number of hydrogen-bond donors (Lipinski definition) is 1. The van der Waals surface area contributed by atoms with Crippen molar-refractivity contribution in [1.82, 2.24) is 0 Å². The van der Waals surface area contributed by atoms with Crippen LogP contribution in [0.5, 0.6) is 0 Å². The van der Waals surface area contributed by atoms with Gasteiger partial charge in [-0.25, -0.2) is 0 Å². The Hall–Kier alpha value is -0.630. The lowest BCUT2D eigenvalue weighted by atomic mass is 10.1. The van der Waals surface area contributed by atoms with Crippen molar-refractivity contribution in [3.05, 3.63) is 28.8 Å². The van der Waals surface area contributed by atoms with Gasteiger partial charge in [0.25, 0.3) is 0 Å². The average Bonchev–Trinajstić information content (AvgIpc) is 2.20. The van der Waals surface area contributed by atoms with E-state index in [1.54, 1.807) is 0 Å². The van der Waals surface area contributed by atoms with E-state index in [-0.39, 0.29) is 0 Å². The van der Waals surface area contributed by atoms with E-state index in [1.807, 2.05) is 11.8 Å². The molecule has 1 aromatic rings. The van der Waals surface area contributed by atoms with Gasteiger partial charge in [-0.15, -0.1) is 0 Å². The van der Waals surface area contributed by atoms with Crippen LogP contribution in [-0.4, -0.2) is 18.6 Å². The molecular weight excluding hydrogens is 214 g/mol. The number of anilines is 1. The molecule has 1 N–H and O–H groups in total. The highest BCUT2D eigenvalue weighted by molar-refractivity contribution is 7.98. The fourth-order valence-electron chi connectivity index (χ4n) is 2.04. The van der Waals surface area contributed by atoms with Crippen LogP contribution >= 0.6 is 11.8 Å². The predicted octanol–water partition coefficient (Wildman–Crippen LogP) is 4.17. The lowest BCUT2D eigenvalue weighted by molar-refractivity contribution is 0.842. The van der Waals surface area contributed by atoms with Gasteiger partial charge in [-0.2, -0.15) is 11.8 Å². The van der Waals surface area contributed by atoms with E-state index in [1.165, 1.54) is 41.0 Å². The zero-order chi connectivity index (χ0) is 12.0. The van der Waals surface area contributed by atoms with Crippen molar-refractivity contribution in [3.8, 4) is 0 Å². The number of rotatable bonds is 6. The van der Waals surface area contributed by atoms with Gasteiger partial charge in [0.15, 0.2) is 0 Å². The summed E-state index contributed by atoms with van der Waals surface area (Å²) in [4.78, 5) is 0. The molecular formula is C14H23NS. The first-order valence-corrected chi connectivity index (χ1v) is 7.35. The van der Waals surface area contributed by atoms with Gasteiger partial charge in [-0.1, -0.05) is 17.7 Å². The van der Waals surface area contributed by atoms with Gasteiger partial charge in [0.05, 0.1) is 0 Å². The quantitative estimate of drug-likeness (QED) is 0.745. The second-order valence-corrected chi connectivity index (χ2v) is 5.39. The summed E-state index contributed by atoms with van der Waals surface area (Å²) >= 11 is 1.93. The second-order valence-electron chi connectivity index (χ2n) is 4.40. The Morgan fingerprint density at radius 3 is 2.25 bits per heavy atom. The molecule has 2 heteroatoms. The second kappa shape index (κ2) is 6.85. The highest BCUT2D eigenvalue weighted by atomic mass is 32.2. The highest BCUT2D eigenvalue weighted by Crippen LogP contribution is 2.21. The maximum absolute atomic E-state index is 3.56. The third-order valence-electron chi connectivity index (χ3n) is 2.75. The molecule has 1 nitrogen and oxygen atoms in total. The van der Waals surface area contributed by atoms with E-state index in [9.17, 15) is 0 Å². The number of unbranched alkanes of at least 4 members (excludes halogenated alkanes) is 1. The maximum Gasteiger partial charge on any atom is 0.0399 e. The molecule has 0 bridgehead atoms. The van der Waals surface area contributed by atoms with Crippen molar-refractivity contribution in [2.45, 2.75) is 33.6 Å². The summed E-state index contributed by atoms with van der Waals surface area (Å²) in [7, 11) is 0. The van der Waals surface area contributed by atoms with Gasteiger partial charge < -0.3 is 5.32 Å². The monoisotopic (exact) mass is 237 g/mol. The third kappa shape index (κ3) is 4.09. The van der Waals surface area contributed by atoms with E-state index in [0.717, 1.165) is 6.54 Å². The molecule has 0 aliphatic carbocycles. The molecule has 1 rings (SSSR count).